The van der Waals surface area contributed by atoms with Crippen LogP contribution in [-0.4, -0.2) is 48.9 Å². The SMILES string of the molecule is C=C(C)C(=O)O.C=C(C)C(=O)OCC1CO1.C=C(C)C(=O)OCCCCCCCCCCCC. The molecular weight excluding hydrogens is 436 g/mol. The van der Waals surface area contributed by atoms with Gasteiger partial charge in [-0.05, 0) is 27.2 Å². The Morgan fingerprint density at radius 1 is 0.765 bits per heavy atom. The van der Waals surface area contributed by atoms with Crippen molar-refractivity contribution < 1.29 is 33.7 Å². The molecule has 0 saturated carbocycles. The summed E-state index contributed by atoms with van der Waals surface area (Å²) >= 11 is 0. The van der Waals surface area contributed by atoms with Gasteiger partial charge < -0.3 is 19.3 Å². The van der Waals surface area contributed by atoms with Gasteiger partial charge in [0.25, 0.3) is 0 Å². The van der Waals surface area contributed by atoms with Gasteiger partial charge in [0.05, 0.1) is 13.2 Å². The fourth-order valence-corrected chi connectivity index (χ4v) is 2.33. The fraction of sp³-hybridized carbons (Fsp3) is 0.667. The largest absolute Gasteiger partial charge is 0.478 e. The van der Waals surface area contributed by atoms with Gasteiger partial charge in [-0.2, -0.15) is 0 Å². The first-order chi connectivity index (χ1) is 16.0. The Bertz CT molecular complexity index is 621. The molecule has 1 aliphatic rings. The van der Waals surface area contributed by atoms with Crippen molar-refractivity contribution in [3.8, 4) is 0 Å². The lowest BCUT2D eigenvalue weighted by molar-refractivity contribution is -0.140. The molecule has 1 heterocycles. The molecule has 0 amide bonds. The number of carboxylic acids is 1. The summed E-state index contributed by atoms with van der Waals surface area (Å²) < 4.78 is 14.6. The molecule has 0 aromatic rings. The average Bonchev–Trinajstić information content (AvgIpc) is 3.60. The molecule has 1 rings (SSSR count). The van der Waals surface area contributed by atoms with E-state index in [2.05, 4.69) is 26.7 Å². The predicted octanol–water partition coefficient (Wildman–Crippen LogP) is 6.18. The van der Waals surface area contributed by atoms with E-state index in [9.17, 15) is 14.4 Å². The minimum absolute atomic E-state index is 0.142. The third-order valence-corrected chi connectivity index (χ3v) is 4.60. The van der Waals surface area contributed by atoms with Crippen molar-refractivity contribution in [2.75, 3.05) is 19.8 Å². The number of esters is 2. The second-order valence-electron chi connectivity index (χ2n) is 8.52. The van der Waals surface area contributed by atoms with Gasteiger partial charge in [-0.3, -0.25) is 0 Å². The minimum Gasteiger partial charge on any atom is -0.478 e. The Balaban J connectivity index is 0. The van der Waals surface area contributed by atoms with Crippen molar-refractivity contribution in [2.45, 2.75) is 98.0 Å². The Morgan fingerprint density at radius 2 is 1.15 bits per heavy atom. The zero-order valence-electron chi connectivity index (χ0n) is 21.8. The lowest BCUT2D eigenvalue weighted by Crippen LogP contribution is -2.09. The molecule has 1 fully saturated rings. The van der Waals surface area contributed by atoms with Crippen LogP contribution in [0, 0.1) is 0 Å². The Labute approximate surface area is 206 Å². The van der Waals surface area contributed by atoms with Gasteiger partial charge in [0.1, 0.15) is 12.7 Å². The molecule has 7 nitrogen and oxygen atoms in total. The van der Waals surface area contributed by atoms with Crippen LogP contribution in [0.3, 0.4) is 0 Å². The standard InChI is InChI=1S/C16H30O2.C7H10O3.C4H6O2/c1-4-5-6-7-8-9-10-11-12-13-14-18-16(17)15(2)3;1-5(2)7(8)10-4-6-3-9-6;1-3(2)4(5)6/h2,4-14H2,1,3H3;6H,1,3-4H2,2H3;1H2,2H3,(H,5,6). The van der Waals surface area contributed by atoms with E-state index in [0.717, 1.165) is 6.42 Å². The fourth-order valence-electron chi connectivity index (χ4n) is 2.33. The second kappa shape index (κ2) is 22.4. The van der Waals surface area contributed by atoms with Gasteiger partial charge in [-0.1, -0.05) is 84.4 Å². The minimum atomic E-state index is -0.935. The zero-order valence-corrected chi connectivity index (χ0v) is 21.8. The first-order valence-electron chi connectivity index (χ1n) is 12.2. The Morgan fingerprint density at radius 3 is 1.50 bits per heavy atom. The van der Waals surface area contributed by atoms with Crippen molar-refractivity contribution in [1.29, 1.82) is 0 Å². The highest BCUT2D eigenvalue weighted by molar-refractivity contribution is 5.87. The third kappa shape index (κ3) is 25.8. The van der Waals surface area contributed by atoms with E-state index in [4.69, 9.17) is 19.3 Å². The van der Waals surface area contributed by atoms with E-state index >= 15 is 0 Å². The highest BCUT2D eigenvalue weighted by atomic mass is 16.6. The number of epoxide rings is 1. The number of carboxylic acid groups (broad SMARTS) is 1. The van der Waals surface area contributed by atoms with E-state index in [0.29, 0.717) is 31.0 Å². The highest BCUT2D eigenvalue weighted by Crippen LogP contribution is 2.11. The second-order valence-corrected chi connectivity index (χ2v) is 8.52. The average molecular weight is 483 g/mol. The summed E-state index contributed by atoms with van der Waals surface area (Å²) in [5.41, 5.74) is 1.10. The zero-order chi connectivity index (χ0) is 26.4. The van der Waals surface area contributed by atoms with Crippen molar-refractivity contribution in [1.82, 2.24) is 0 Å². The lowest BCUT2D eigenvalue weighted by Gasteiger charge is -2.04. The van der Waals surface area contributed by atoms with Crippen LogP contribution < -0.4 is 0 Å². The molecule has 7 heteroatoms. The number of carbonyl (C=O) groups is 3. The number of ether oxygens (including phenoxy) is 3. The van der Waals surface area contributed by atoms with E-state index in [1.165, 1.54) is 64.7 Å². The molecular formula is C27H46O7. The molecule has 0 aromatic carbocycles. The van der Waals surface area contributed by atoms with Gasteiger partial charge in [0, 0.05) is 16.7 Å². The quantitative estimate of drug-likeness (QED) is 0.121. The van der Waals surface area contributed by atoms with Crippen molar-refractivity contribution in [3.05, 3.63) is 36.5 Å². The third-order valence-electron chi connectivity index (χ3n) is 4.60. The van der Waals surface area contributed by atoms with Crippen LogP contribution in [0.15, 0.2) is 36.5 Å². The Kier molecular flexibility index (Phi) is 22.2. The van der Waals surface area contributed by atoms with Gasteiger partial charge in [0.2, 0.25) is 0 Å². The summed E-state index contributed by atoms with van der Waals surface area (Å²) in [5, 5.41) is 7.89. The van der Waals surface area contributed by atoms with E-state index in [1.54, 1.807) is 13.8 Å². The van der Waals surface area contributed by atoms with Gasteiger partial charge in [0.15, 0.2) is 0 Å². The first-order valence-corrected chi connectivity index (χ1v) is 12.2. The van der Waals surface area contributed by atoms with Crippen LogP contribution in [0.25, 0.3) is 0 Å². The van der Waals surface area contributed by atoms with E-state index in [-0.39, 0.29) is 23.6 Å². The van der Waals surface area contributed by atoms with Crippen molar-refractivity contribution in [3.63, 3.8) is 0 Å². The van der Waals surface area contributed by atoms with Gasteiger partial charge in [-0.25, -0.2) is 14.4 Å². The highest BCUT2D eigenvalue weighted by Gasteiger charge is 2.24. The summed E-state index contributed by atoms with van der Waals surface area (Å²) in [5.74, 6) is -1.53. The number of carbonyl (C=O) groups excluding carboxylic acids is 2. The van der Waals surface area contributed by atoms with Crippen LogP contribution in [0.1, 0.15) is 91.9 Å². The number of rotatable bonds is 16. The van der Waals surface area contributed by atoms with Gasteiger partial charge >= 0.3 is 17.9 Å². The number of unbranched alkanes of at least 4 members (excludes halogenated alkanes) is 9. The molecule has 0 aliphatic carbocycles. The summed E-state index contributed by atoms with van der Waals surface area (Å²) in [6, 6.07) is 0. The number of aliphatic carboxylic acids is 1. The molecule has 34 heavy (non-hydrogen) atoms. The summed E-state index contributed by atoms with van der Waals surface area (Å²) in [4.78, 5) is 31.4. The molecule has 0 spiro atoms. The number of hydrogen-bond donors (Lipinski definition) is 1. The van der Waals surface area contributed by atoms with Crippen molar-refractivity contribution >= 4 is 17.9 Å². The van der Waals surface area contributed by atoms with Crippen LogP contribution in [0.5, 0.6) is 0 Å². The normalized spacial score (nSPS) is 13.2. The predicted molar refractivity (Wildman–Crippen MR) is 136 cm³/mol. The lowest BCUT2D eigenvalue weighted by atomic mass is 10.1. The van der Waals surface area contributed by atoms with E-state index in [1.807, 2.05) is 0 Å². The monoisotopic (exact) mass is 482 g/mol. The summed E-state index contributed by atoms with van der Waals surface area (Å²) in [7, 11) is 0. The van der Waals surface area contributed by atoms with E-state index < -0.39 is 5.97 Å². The number of hydrogen-bond acceptors (Lipinski definition) is 6. The first kappa shape index (κ1) is 33.8. The molecule has 1 aliphatic heterocycles. The molecule has 0 aromatic heterocycles. The topological polar surface area (TPSA) is 102 Å². The molecule has 0 radical (unpaired) electrons. The molecule has 0 bridgehead atoms. The molecule has 1 N–H and O–H groups in total. The van der Waals surface area contributed by atoms with Gasteiger partial charge in [-0.15, -0.1) is 0 Å². The van der Waals surface area contributed by atoms with Crippen LogP contribution in [0.2, 0.25) is 0 Å². The smallest absolute Gasteiger partial charge is 0.333 e. The summed E-state index contributed by atoms with van der Waals surface area (Å²) in [6.45, 7) is 18.8. The molecule has 1 unspecified atom stereocenters. The summed E-state index contributed by atoms with van der Waals surface area (Å²) in [6.07, 6.45) is 13.1. The van der Waals surface area contributed by atoms with Crippen molar-refractivity contribution in [2.24, 2.45) is 0 Å². The molecule has 196 valence electrons. The van der Waals surface area contributed by atoms with Crippen LogP contribution in [0.4, 0.5) is 0 Å². The van der Waals surface area contributed by atoms with Crippen LogP contribution in [-0.2, 0) is 28.6 Å². The van der Waals surface area contributed by atoms with Crippen LogP contribution >= 0.6 is 0 Å². The molecule has 1 saturated heterocycles. The maximum absolute atomic E-state index is 11.1. The molecule has 1 atom stereocenters. The maximum Gasteiger partial charge on any atom is 0.333 e. The Hall–Kier alpha value is -2.41. The maximum atomic E-state index is 11.1.